The first-order valence-corrected chi connectivity index (χ1v) is 12.3. The summed E-state index contributed by atoms with van der Waals surface area (Å²) in [5.41, 5.74) is 2.68. The molecule has 35 heavy (non-hydrogen) atoms. The molecule has 0 bridgehead atoms. The SMILES string of the molecule is CCC[C@@H](NC(=O)N1C(=O)C(CC)(CC)[C@@H]1Oc1cc(C)c(C(=O)O)c(C)c1)c1ccc(C)cc1. The summed E-state index contributed by atoms with van der Waals surface area (Å²) >= 11 is 0. The number of nitrogens with zero attached hydrogens (tertiary/aromatic N) is 1. The van der Waals surface area contributed by atoms with Crippen LogP contribution in [0.1, 0.15) is 85.1 Å². The predicted molar refractivity (Wildman–Crippen MR) is 135 cm³/mol. The van der Waals surface area contributed by atoms with E-state index in [1.165, 1.54) is 4.90 Å². The molecule has 2 aromatic carbocycles. The summed E-state index contributed by atoms with van der Waals surface area (Å²) in [6, 6.07) is 10.6. The van der Waals surface area contributed by atoms with Crippen LogP contribution in [0.2, 0.25) is 0 Å². The molecule has 3 amide bonds. The van der Waals surface area contributed by atoms with Gasteiger partial charge < -0.3 is 15.2 Å². The monoisotopic (exact) mass is 480 g/mol. The molecule has 0 unspecified atom stereocenters. The molecule has 1 aliphatic heterocycles. The number of rotatable bonds is 9. The first-order valence-electron chi connectivity index (χ1n) is 12.3. The van der Waals surface area contributed by atoms with Gasteiger partial charge in [0.05, 0.1) is 11.6 Å². The Morgan fingerprint density at radius 3 is 2.11 bits per heavy atom. The summed E-state index contributed by atoms with van der Waals surface area (Å²) in [6.45, 7) is 11.3. The van der Waals surface area contributed by atoms with Gasteiger partial charge in [-0.25, -0.2) is 14.5 Å². The molecule has 1 fully saturated rings. The van der Waals surface area contributed by atoms with E-state index in [4.69, 9.17) is 4.74 Å². The Kier molecular flexibility index (Phi) is 7.88. The van der Waals surface area contributed by atoms with Gasteiger partial charge >= 0.3 is 12.0 Å². The van der Waals surface area contributed by atoms with Crippen LogP contribution in [0.15, 0.2) is 36.4 Å². The maximum atomic E-state index is 13.4. The van der Waals surface area contributed by atoms with Crippen LogP contribution in [-0.2, 0) is 4.79 Å². The zero-order chi connectivity index (χ0) is 25.9. The number of aromatic carboxylic acids is 1. The minimum Gasteiger partial charge on any atom is -0.478 e. The van der Waals surface area contributed by atoms with E-state index < -0.39 is 23.6 Å². The quantitative estimate of drug-likeness (QED) is 0.435. The molecule has 2 atom stereocenters. The molecule has 0 spiro atoms. The summed E-state index contributed by atoms with van der Waals surface area (Å²) in [4.78, 5) is 39.4. The van der Waals surface area contributed by atoms with Crippen LogP contribution < -0.4 is 10.1 Å². The lowest BCUT2D eigenvalue weighted by atomic mass is 9.72. The van der Waals surface area contributed by atoms with E-state index in [-0.39, 0.29) is 17.5 Å². The maximum Gasteiger partial charge on any atom is 0.336 e. The highest BCUT2D eigenvalue weighted by molar-refractivity contribution is 6.03. The van der Waals surface area contributed by atoms with Gasteiger partial charge in [0.15, 0.2) is 6.23 Å². The highest BCUT2D eigenvalue weighted by Crippen LogP contribution is 2.46. The van der Waals surface area contributed by atoms with Crippen molar-refractivity contribution in [2.45, 2.75) is 79.5 Å². The number of carboxylic acids is 1. The number of likely N-dealkylation sites (tertiary alicyclic amines) is 1. The molecule has 3 rings (SSSR count). The van der Waals surface area contributed by atoms with E-state index in [2.05, 4.69) is 12.2 Å². The van der Waals surface area contributed by atoms with Gasteiger partial charge in [0.25, 0.3) is 0 Å². The zero-order valence-corrected chi connectivity index (χ0v) is 21.5. The molecule has 1 saturated heterocycles. The van der Waals surface area contributed by atoms with E-state index in [9.17, 15) is 19.5 Å². The molecule has 0 radical (unpaired) electrons. The number of amides is 3. The lowest BCUT2D eigenvalue weighted by molar-refractivity contribution is -0.191. The first kappa shape index (κ1) is 26.3. The second kappa shape index (κ2) is 10.5. The molecule has 2 N–H and O–H groups in total. The summed E-state index contributed by atoms with van der Waals surface area (Å²) in [5.74, 6) is -0.809. The van der Waals surface area contributed by atoms with Crippen molar-refractivity contribution in [2.75, 3.05) is 0 Å². The fourth-order valence-electron chi connectivity index (χ4n) is 4.99. The Bertz CT molecular complexity index is 1080. The fourth-order valence-corrected chi connectivity index (χ4v) is 4.99. The molecule has 0 saturated carbocycles. The molecule has 7 heteroatoms. The predicted octanol–water partition coefficient (Wildman–Crippen LogP) is 5.91. The highest BCUT2D eigenvalue weighted by Gasteiger charge is 2.63. The van der Waals surface area contributed by atoms with Gasteiger partial charge in [-0.05, 0) is 68.9 Å². The van der Waals surface area contributed by atoms with Crippen molar-refractivity contribution in [1.29, 1.82) is 0 Å². The van der Waals surface area contributed by atoms with Gasteiger partial charge in [0.2, 0.25) is 5.91 Å². The first-order chi connectivity index (χ1) is 16.6. The van der Waals surface area contributed by atoms with E-state index in [0.717, 1.165) is 24.0 Å². The van der Waals surface area contributed by atoms with Crippen molar-refractivity contribution in [1.82, 2.24) is 10.2 Å². The van der Waals surface area contributed by atoms with Crippen LogP contribution in [0, 0.1) is 26.2 Å². The molecule has 0 aromatic heterocycles. The van der Waals surface area contributed by atoms with Crippen LogP contribution in [-0.4, -0.2) is 34.1 Å². The largest absolute Gasteiger partial charge is 0.478 e. The van der Waals surface area contributed by atoms with Crippen molar-refractivity contribution in [3.8, 4) is 5.75 Å². The Morgan fingerprint density at radius 2 is 1.63 bits per heavy atom. The van der Waals surface area contributed by atoms with Crippen LogP contribution in [0.5, 0.6) is 5.75 Å². The number of β-lactam (4-membered cyclic amide) rings is 1. The minimum atomic E-state index is -0.999. The van der Waals surface area contributed by atoms with Gasteiger partial charge in [0, 0.05) is 0 Å². The summed E-state index contributed by atoms with van der Waals surface area (Å²) in [7, 11) is 0. The number of ether oxygens (including phenoxy) is 1. The van der Waals surface area contributed by atoms with Gasteiger partial charge in [-0.3, -0.25) is 4.79 Å². The van der Waals surface area contributed by atoms with E-state index in [1.54, 1.807) is 26.0 Å². The number of carbonyl (C=O) groups excluding carboxylic acids is 2. The van der Waals surface area contributed by atoms with Gasteiger partial charge in [0.1, 0.15) is 11.2 Å². The van der Waals surface area contributed by atoms with Gasteiger partial charge in [-0.2, -0.15) is 0 Å². The fraction of sp³-hybridized carbons (Fsp3) is 0.464. The Morgan fingerprint density at radius 1 is 1.06 bits per heavy atom. The average Bonchev–Trinajstić information content (AvgIpc) is 2.79. The van der Waals surface area contributed by atoms with E-state index in [1.807, 2.05) is 45.0 Å². The Labute approximate surface area is 207 Å². The normalized spacial score (nSPS) is 17.5. The number of nitrogens with one attached hydrogen (secondary N) is 1. The highest BCUT2D eigenvalue weighted by atomic mass is 16.5. The van der Waals surface area contributed by atoms with E-state index >= 15 is 0 Å². The smallest absolute Gasteiger partial charge is 0.336 e. The Balaban J connectivity index is 1.90. The lowest BCUT2D eigenvalue weighted by Gasteiger charge is -2.53. The van der Waals surface area contributed by atoms with Gasteiger partial charge in [-0.15, -0.1) is 0 Å². The number of hydrogen-bond acceptors (Lipinski definition) is 4. The summed E-state index contributed by atoms with van der Waals surface area (Å²) < 4.78 is 6.26. The minimum absolute atomic E-state index is 0.223. The second-order valence-corrected chi connectivity index (χ2v) is 9.45. The third-order valence-electron chi connectivity index (χ3n) is 7.16. The van der Waals surface area contributed by atoms with Crippen molar-refractivity contribution in [3.63, 3.8) is 0 Å². The summed E-state index contributed by atoms with van der Waals surface area (Å²) in [6.07, 6.45) is 1.88. The molecule has 2 aromatic rings. The van der Waals surface area contributed by atoms with Crippen LogP contribution in [0.3, 0.4) is 0 Å². The van der Waals surface area contributed by atoms with Crippen LogP contribution in [0.4, 0.5) is 4.79 Å². The van der Waals surface area contributed by atoms with Crippen molar-refractivity contribution < 1.29 is 24.2 Å². The summed E-state index contributed by atoms with van der Waals surface area (Å²) in [5, 5.41) is 12.5. The molecule has 188 valence electrons. The number of urea groups is 1. The number of benzene rings is 2. The topological polar surface area (TPSA) is 95.9 Å². The lowest BCUT2D eigenvalue weighted by Crippen LogP contribution is -2.73. The maximum absolute atomic E-state index is 13.4. The number of aryl methyl sites for hydroxylation is 3. The van der Waals surface area contributed by atoms with Crippen molar-refractivity contribution >= 4 is 17.9 Å². The van der Waals surface area contributed by atoms with Crippen LogP contribution >= 0.6 is 0 Å². The molecule has 1 aliphatic rings. The van der Waals surface area contributed by atoms with Crippen molar-refractivity contribution in [2.24, 2.45) is 5.41 Å². The number of hydrogen-bond donors (Lipinski definition) is 2. The second-order valence-electron chi connectivity index (χ2n) is 9.45. The van der Waals surface area contributed by atoms with Gasteiger partial charge in [-0.1, -0.05) is 57.0 Å². The standard InChI is InChI=1S/C28H36N2O5/c1-7-10-22(20-13-11-17(4)12-14-20)29-27(34)30-25(33)28(8-2,9-3)26(30)35-21-15-18(5)23(24(31)32)19(6)16-21/h11-16,22,26H,7-10H2,1-6H3,(H,29,34)(H,31,32)/t22-,26+/m1/s1. The zero-order valence-electron chi connectivity index (χ0n) is 21.5. The van der Waals surface area contributed by atoms with Crippen molar-refractivity contribution in [3.05, 3.63) is 64.2 Å². The molecule has 7 nitrogen and oxygen atoms in total. The third kappa shape index (κ3) is 4.90. The number of carbonyl (C=O) groups is 3. The number of imide groups is 1. The molecular formula is C28H36N2O5. The Hall–Kier alpha value is -3.35. The third-order valence-corrected chi connectivity index (χ3v) is 7.16. The molecule has 1 heterocycles. The average molecular weight is 481 g/mol. The molecule has 0 aliphatic carbocycles. The van der Waals surface area contributed by atoms with E-state index in [0.29, 0.717) is 29.7 Å². The van der Waals surface area contributed by atoms with Crippen LogP contribution in [0.25, 0.3) is 0 Å². The number of carboxylic acid groups (broad SMARTS) is 1. The molecular weight excluding hydrogens is 444 g/mol.